The Kier molecular flexibility index (Phi) is 10.3. The van der Waals surface area contributed by atoms with E-state index in [2.05, 4.69) is 19.8 Å². The van der Waals surface area contributed by atoms with Crippen molar-refractivity contribution in [2.75, 3.05) is 50.8 Å². The van der Waals surface area contributed by atoms with Crippen LogP contribution in [0.5, 0.6) is 0 Å². The van der Waals surface area contributed by atoms with Gasteiger partial charge >= 0.3 is 24.3 Å². The second kappa shape index (κ2) is 12.5. The smallest absolute Gasteiger partial charge is 0.475 e. The van der Waals surface area contributed by atoms with E-state index in [4.69, 9.17) is 24.5 Å². The molecule has 9 nitrogen and oxygen atoms in total. The van der Waals surface area contributed by atoms with Crippen molar-refractivity contribution in [2.24, 2.45) is 11.3 Å². The molecule has 2 N–H and O–H groups in total. The quantitative estimate of drug-likeness (QED) is 0.569. The molecule has 2 aliphatic heterocycles. The maximum atomic E-state index is 10.6. The highest BCUT2D eigenvalue weighted by Crippen LogP contribution is 2.37. The first-order valence-electron chi connectivity index (χ1n) is 11.1. The molecule has 15 heteroatoms. The van der Waals surface area contributed by atoms with Crippen molar-refractivity contribution in [3.05, 3.63) is 18.6 Å². The number of carbonyl (C=O) groups is 2. The van der Waals surface area contributed by atoms with Gasteiger partial charge in [0.25, 0.3) is 0 Å². The second-order valence-electron chi connectivity index (χ2n) is 8.93. The summed E-state index contributed by atoms with van der Waals surface area (Å²) >= 11 is 0. The summed E-state index contributed by atoms with van der Waals surface area (Å²) in [7, 11) is 0. The minimum absolute atomic E-state index is 0.265. The average molecular weight is 530 g/mol. The van der Waals surface area contributed by atoms with Crippen molar-refractivity contribution in [3.8, 4) is 0 Å². The number of halogens is 6. The van der Waals surface area contributed by atoms with Crippen molar-refractivity contribution >= 4 is 17.8 Å². The number of alkyl halides is 6. The van der Waals surface area contributed by atoms with Crippen molar-refractivity contribution in [1.82, 2.24) is 14.9 Å². The Hall–Kier alpha value is -2.68. The van der Waals surface area contributed by atoms with Crippen LogP contribution in [0, 0.1) is 11.3 Å². The van der Waals surface area contributed by atoms with Crippen LogP contribution in [0.4, 0.5) is 32.2 Å². The third kappa shape index (κ3) is 10.1. The molecule has 3 aliphatic rings. The summed E-state index contributed by atoms with van der Waals surface area (Å²) in [5, 5.41) is 14.2. The van der Waals surface area contributed by atoms with Crippen LogP contribution in [0.15, 0.2) is 18.6 Å². The van der Waals surface area contributed by atoms with E-state index in [1.807, 2.05) is 6.20 Å². The Bertz CT molecular complexity index is 829. The molecule has 1 aliphatic carbocycles. The van der Waals surface area contributed by atoms with E-state index in [0.717, 1.165) is 38.0 Å². The molecule has 2 saturated heterocycles. The summed E-state index contributed by atoms with van der Waals surface area (Å²) in [6.45, 7) is 7.40. The van der Waals surface area contributed by atoms with Gasteiger partial charge in [-0.15, -0.1) is 0 Å². The molecule has 36 heavy (non-hydrogen) atoms. The molecule has 4 rings (SSSR count). The third-order valence-electron chi connectivity index (χ3n) is 5.75. The first kappa shape index (κ1) is 29.5. The average Bonchev–Trinajstić information content (AvgIpc) is 3.62. The van der Waals surface area contributed by atoms with Crippen LogP contribution in [0.3, 0.4) is 0 Å². The predicted molar refractivity (Wildman–Crippen MR) is 113 cm³/mol. The summed E-state index contributed by atoms with van der Waals surface area (Å²) in [6.07, 6.45) is 0.677. The Morgan fingerprint density at radius 3 is 2.14 bits per heavy atom. The van der Waals surface area contributed by atoms with Gasteiger partial charge in [0.05, 0.1) is 19.4 Å². The number of ether oxygens (including phenoxy) is 1. The summed E-state index contributed by atoms with van der Waals surface area (Å²) in [4.78, 5) is 31.6. The minimum atomic E-state index is -5.08. The van der Waals surface area contributed by atoms with E-state index < -0.39 is 24.3 Å². The van der Waals surface area contributed by atoms with Gasteiger partial charge in [-0.05, 0) is 38.1 Å². The van der Waals surface area contributed by atoms with Gasteiger partial charge in [-0.25, -0.2) is 14.6 Å². The number of likely N-dealkylation sites (tertiary alicyclic amines) is 1. The highest BCUT2D eigenvalue weighted by Gasteiger charge is 2.41. The molecule has 1 spiro atoms. The van der Waals surface area contributed by atoms with Crippen molar-refractivity contribution in [3.63, 3.8) is 0 Å². The van der Waals surface area contributed by atoms with E-state index in [-0.39, 0.29) is 5.41 Å². The molecule has 3 fully saturated rings. The van der Waals surface area contributed by atoms with E-state index in [1.54, 1.807) is 12.4 Å². The first-order valence-corrected chi connectivity index (χ1v) is 11.1. The number of aromatic nitrogens is 2. The number of anilines is 1. The summed E-state index contributed by atoms with van der Waals surface area (Å²) in [6, 6.07) is 0. The molecule has 3 heterocycles. The molecular weight excluding hydrogens is 502 g/mol. The maximum absolute atomic E-state index is 10.6. The van der Waals surface area contributed by atoms with Gasteiger partial charge in [0.15, 0.2) is 0 Å². The molecule has 0 radical (unpaired) electrons. The zero-order valence-corrected chi connectivity index (χ0v) is 19.3. The van der Waals surface area contributed by atoms with E-state index in [0.29, 0.717) is 0 Å². The Morgan fingerprint density at radius 2 is 1.64 bits per heavy atom. The van der Waals surface area contributed by atoms with Crippen LogP contribution in [0.2, 0.25) is 0 Å². The zero-order valence-electron chi connectivity index (χ0n) is 19.3. The maximum Gasteiger partial charge on any atom is 0.490 e. The summed E-state index contributed by atoms with van der Waals surface area (Å²) in [5.41, 5.74) is 0.265. The molecule has 1 unspecified atom stereocenters. The van der Waals surface area contributed by atoms with Crippen molar-refractivity contribution in [1.29, 1.82) is 0 Å². The number of hydrogen-bond acceptors (Lipinski definition) is 7. The monoisotopic (exact) mass is 530 g/mol. The van der Waals surface area contributed by atoms with Gasteiger partial charge in [-0.2, -0.15) is 26.3 Å². The van der Waals surface area contributed by atoms with Gasteiger partial charge < -0.3 is 24.7 Å². The standard InChI is InChI=1S/C17H26N4O.2C2HF3O2/c1-4-17(12-20(7-1)11-15-2-3-15)13-21(8-9-22-14-17)16-10-18-5-6-19-16;2*3-2(4,5)1(6)7/h5-6,10,15H,1-4,7-9,11-14H2;2*(H,6,7). The number of rotatable bonds is 3. The molecule has 0 bridgehead atoms. The molecule has 0 aromatic carbocycles. The predicted octanol–water partition coefficient (Wildman–Crippen LogP) is 3.07. The lowest BCUT2D eigenvalue weighted by molar-refractivity contribution is -0.193. The van der Waals surface area contributed by atoms with E-state index in [9.17, 15) is 26.3 Å². The highest BCUT2D eigenvalue weighted by atomic mass is 19.4. The lowest BCUT2D eigenvalue weighted by atomic mass is 9.80. The van der Waals surface area contributed by atoms with Crippen LogP contribution in [-0.2, 0) is 14.3 Å². The fourth-order valence-corrected chi connectivity index (χ4v) is 4.02. The fourth-order valence-electron chi connectivity index (χ4n) is 4.02. The molecule has 1 atom stereocenters. The van der Waals surface area contributed by atoms with E-state index >= 15 is 0 Å². The van der Waals surface area contributed by atoms with Gasteiger partial charge in [-0.3, -0.25) is 4.98 Å². The molecule has 0 amide bonds. The normalized spacial score (nSPS) is 23.0. The Labute approximate surface area is 203 Å². The molecule has 1 aromatic heterocycles. The number of aliphatic carboxylic acids is 2. The summed E-state index contributed by atoms with van der Waals surface area (Å²) in [5.74, 6) is -3.55. The topological polar surface area (TPSA) is 116 Å². The van der Waals surface area contributed by atoms with Crippen LogP contribution < -0.4 is 4.90 Å². The number of nitrogens with zero attached hydrogens (tertiary/aromatic N) is 4. The van der Waals surface area contributed by atoms with Crippen LogP contribution >= 0.6 is 0 Å². The zero-order chi connectivity index (χ0) is 27.0. The van der Waals surface area contributed by atoms with E-state index in [1.165, 1.54) is 45.3 Å². The number of carboxylic acid groups (broad SMARTS) is 2. The lowest BCUT2D eigenvalue weighted by Gasteiger charge is -2.43. The Balaban J connectivity index is 0.000000271. The van der Waals surface area contributed by atoms with Gasteiger partial charge in [-0.1, -0.05) is 0 Å². The molecule has 1 saturated carbocycles. The largest absolute Gasteiger partial charge is 0.490 e. The van der Waals surface area contributed by atoms with Crippen LogP contribution in [0.1, 0.15) is 25.7 Å². The Morgan fingerprint density at radius 1 is 1.03 bits per heavy atom. The van der Waals surface area contributed by atoms with Gasteiger partial charge in [0.1, 0.15) is 5.82 Å². The molecular formula is C21H28F6N4O5. The molecule has 204 valence electrons. The first-order chi connectivity index (χ1) is 16.7. The van der Waals surface area contributed by atoms with Crippen molar-refractivity contribution < 1.29 is 50.9 Å². The second-order valence-corrected chi connectivity index (χ2v) is 8.93. The van der Waals surface area contributed by atoms with Crippen molar-refractivity contribution in [2.45, 2.75) is 38.0 Å². The van der Waals surface area contributed by atoms with Crippen LogP contribution in [0.25, 0.3) is 0 Å². The lowest BCUT2D eigenvalue weighted by Crippen LogP contribution is -2.51. The minimum Gasteiger partial charge on any atom is -0.475 e. The fraction of sp³-hybridized carbons (Fsp3) is 0.714. The summed E-state index contributed by atoms with van der Waals surface area (Å²) < 4.78 is 69.5. The van der Waals surface area contributed by atoms with Gasteiger partial charge in [0.2, 0.25) is 0 Å². The number of carboxylic acids is 2. The number of piperidine rings is 1. The van der Waals surface area contributed by atoms with Gasteiger partial charge in [0, 0.05) is 44.0 Å². The molecule has 1 aromatic rings. The highest BCUT2D eigenvalue weighted by molar-refractivity contribution is 5.73. The third-order valence-corrected chi connectivity index (χ3v) is 5.75. The SMILES string of the molecule is O=C(O)C(F)(F)F.O=C(O)C(F)(F)F.c1cnc(N2CCOCC3(CCCN(CC4CC4)C3)C2)cn1. The van der Waals surface area contributed by atoms with Crippen LogP contribution in [-0.4, -0.2) is 95.3 Å². The number of hydrogen-bond donors (Lipinski definition) is 2.